The third-order valence-corrected chi connectivity index (χ3v) is 3.28. The van der Waals surface area contributed by atoms with Crippen LogP contribution in [0.1, 0.15) is 17.5 Å². The topological polar surface area (TPSA) is 30.0 Å². The van der Waals surface area contributed by atoms with E-state index in [1.165, 1.54) is 6.07 Å². The third kappa shape index (κ3) is 3.86. The Kier molecular flexibility index (Phi) is 4.63. The Hall–Kier alpha value is -1.74. The fraction of sp³-hybridized carbons (Fsp3) is 0.200. The van der Waals surface area contributed by atoms with E-state index in [1.54, 1.807) is 24.5 Å². The van der Waals surface area contributed by atoms with Gasteiger partial charge in [0.05, 0.1) is 5.02 Å². The summed E-state index contributed by atoms with van der Waals surface area (Å²) in [5.41, 5.74) is 1.61. The molecule has 0 aliphatic carbocycles. The van der Waals surface area contributed by atoms with Crippen LogP contribution < -0.4 is 0 Å². The standard InChI is InChI=1S/C15H13ClFNO/c16-15-12(2-1-3-14(15)17)10-13(19)5-4-11-6-8-18-9-7-11/h1-3,6-9H,4-5,10H2. The molecule has 0 bridgehead atoms. The average molecular weight is 278 g/mol. The van der Waals surface area contributed by atoms with Crippen LogP contribution in [0.4, 0.5) is 4.39 Å². The number of hydrogen-bond donors (Lipinski definition) is 0. The molecule has 2 rings (SSSR count). The first-order chi connectivity index (χ1) is 9.16. The minimum atomic E-state index is -0.485. The second-order valence-corrected chi connectivity index (χ2v) is 4.66. The molecule has 0 amide bonds. The lowest BCUT2D eigenvalue weighted by atomic mass is 10.0. The highest BCUT2D eigenvalue weighted by Crippen LogP contribution is 2.20. The lowest BCUT2D eigenvalue weighted by molar-refractivity contribution is -0.118. The van der Waals surface area contributed by atoms with Crippen LogP contribution in [-0.2, 0) is 17.6 Å². The van der Waals surface area contributed by atoms with Crippen molar-refractivity contribution in [1.29, 1.82) is 0 Å². The van der Waals surface area contributed by atoms with Crippen LogP contribution in [0.5, 0.6) is 0 Å². The lowest BCUT2D eigenvalue weighted by Gasteiger charge is -2.04. The Morgan fingerprint density at radius 3 is 2.68 bits per heavy atom. The number of carbonyl (C=O) groups excluding carboxylic acids is 1. The maximum atomic E-state index is 13.2. The summed E-state index contributed by atoms with van der Waals surface area (Å²) >= 11 is 5.82. The van der Waals surface area contributed by atoms with E-state index >= 15 is 0 Å². The fourth-order valence-electron chi connectivity index (χ4n) is 1.82. The van der Waals surface area contributed by atoms with Crippen LogP contribution in [0.15, 0.2) is 42.7 Å². The normalized spacial score (nSPS) is 10.4. The predicted octanol–water partition coefficient (Wildman–Crippen LogP) is 3.62. The summed E-state index contributed by atoms with van der Waals surface area (Å²) in [5, 5.41) is 0.0414. The largest absolute Gasteiger partial charge is 0.299 e. The summed E-state index contributed by atoms with van der Waals surface area (Å²) in [4.78, 5) is 15.8. The van der Waals surface area contributed by atoms with E-state index in [4.69, 9.17) is 11.6 Å². The van der Waals surface area contributed by atoms with E-state index in [9.17, 15) is 9.18 Å². The number of aryl methyl sites for hydroxylation is 1. The monoisotopic (exact) mass is 277 g/mol. The van der Waals surface area contributed by atoms with Crippen LogP contribution in [0.3, 0.4) is 0 Å². The Balaban J connectivity index is 1.93. The van der Waals surface area contributed by atoms with Gasteiger partial charge in [0.2, 0.25) is 0 Å². The summed E-state index contributed by atoms with van der Waals surface area (Å²) < 4.78 is 13.2. The molecular formula is C15H13ClFNO. The van der Waals surface area contributed by atoms with Crippen molar-refractivity contribution in [3.63, 3.8) is 0 Å². The second kappa shape index (κ2) is 6.43. The molecule has 4 heteroatoms. The van der Waals surface area contributed by atoms with Gasteiger partial charge in [0.1, 0.15) is 11.6 Å². The molecule has 1 heterocycles. The Morgan fingerprint density at radius 2 is 1.95 bits per heavy atom. The van der Waals surface area contributed by atoms with Gasteiger partial charge in [-0.1, -0.05) is 23.7 Å². The number of rotatable bonds is 5. The van der Waals surface area contributed by atoms with Gasteiger partial charge in [0.25, 0.3) is 0 Å². The van der Waals surface area contributed by atoms with Crippen LogP contribution in [0.2, 0.25) is 5.02 Å². The van der Waals surface area contributed by atoms with Crippen LogP contribution in [0.25, 0.3) is 0 Å². The van der Waals surface area contributed by atoms with Gasteiger partial charge < -0.3 is 0 Å². The number of benzene rings is 1. The van der Waals surface area contributed by atoms with Crippen LogP contribution in [0, 0.1) is 5.82 Å². The molecule has 2 aromatic rings. The van der Waals surface area contributed by atoms with Crippen molar-refractivity contribution < 1.29 is 9.18 Å². The van der Waals surface area contributed by atoms with Crippen molar-refractivity contribution in [1.82, 2.24) is 4.98 Å². The Bertz CT molecular complexity index is 572. The first kappa shape index (κ1) is 13.7. The summed E-state index contributed by atoms with van der Waals surface area (Å²) in [6, 6.07) is 8.28. The molecule has 2 nitrogen and oxygen atoms in total. The molecular weight excluding hydrogens is 265 g/mol. The highest BCUT2D eigenvalue weighted by atomic mass is 35.5. The molecule has 0 N–H and O–H groups in total. The number of Topliss-reactive ketones (excluding diaryl/α,β-unsaturated/α-hetero) is 1. The SMILES string of the molecule is O=C(CCc1ccncc1)Cc1cccc(F)c1Cl. The molecule has 0 saturated heterocycles. The molecule has 98 valence electrons. The third-order valence-electron chi connectivity index (χ3n) is 2.86. The van der Waals surface area contributed by atoms with E-state index in [0.717, 1.165) is 5.56 Å². The summed E-state index contributed by atoms with van der Waals surface area (Å²) in [6.45, 7) is 0. The zero-order chi connectivity index (χ0) is 13.7. The Labute approximate surface area is 116 Å². The van der Waals surface area contributed by atoms with Crippen molar-refractivity contribution >= 4 is 17.4 Å². The first-order valence-electron chi connectivity index (χ1n) is 6.00. The molecule has 19 heavy (non-hydrogen) atoms. The van der Waals surface area contributed by atoms with E-state index in [2.05, 4.69) is 4.98 Å². The number of halogens is 2. The molecule has 0 aliphatic heterocycles. The molecule has 0 aliphatic rings. The highest BCUT2D eigenvalue weighted by Gasteiger charge is 2.10. The van der Waals surface area contributed by atoms with Gasteiger partial charge >= 0.3 is 0 Å². The maximum Gasteiger partial charge on any atom is 0.142 e. The molecule has 0 fully saturated rings. The molecule has 0 radical (unpaired) electrons. The van der Waals surface area contributed by atoms with Crippen molar-refractivity contribution in [2.24, 2.45) is 0 Å². The van der Waals surface area contributed by atoms with Gasteiger partial charge in [0.15, 0.2) is 0 Å². The molecule has 0 saturated carbocycles. The number of ketones is 1. The van der Waals surface area contributed by atoms with Crippen molar-refractivity contribution in [3.05, 3.63) is 64.7 Å². The van der Waals surface area contributed by atoms with Crippen LogP contribution >= 0.6 is 11.6 Å². The molecule has 0 unspecified atom stereocenters. The van der Waals surface area contributed by atoms with Crippen molar-refractivity contribution in [3.8, 4) is 0 Å². The van der Waals surface area contributed by atoms with Gasteiger partial charge in [0, 0.05) is 25.2 Å². The first-order valence-corrected chi connectivity index (χ1v) is 6.38. The van der Waals surface area contributed by atoms with E-state index < -0.39 is 5.82 Å². The molecule has 1 aromatic heterocycles. The van der Waals surface area contributed by atoms with E-state index in [0.29, 0.717) is 18.4 Å². The quantitative estimate of drug-likeness (QED) is 0.835. The average Bonchev–Trinajstić information content (AvgIpc) is 2.43. The maximum absolute atomic E-state index is 13.2. The zero-order valence-corrected chi connectivity index (χ0v) is 11.0. The second-order valence-electron chi connectivity index (χ2n) is 4.28. The minimum Gasteiger partial charge on any atom is -0.299 e. The highest BCUT2D eigenvalue weighted by molar-refractivity contribution is 6.31. The predicted molar refractivity (Wildman–Crippen MR) is 72.7 cm³/mol. The van der Waals surface area contributed by atoms with E-state index in [-0.39, 0.29) is 17.2 Å². The van der Waals surface area contributed by atoms with Crippen LogP contribution in [-0.4, -0.2) is 10.8 Å². The lowest BCUT2D eigenvalue weighted by Crippen LogP contribution is -2.05. The van der Waals surface area contributed by atoms with Gasteiger partial charge in [-0.05, 0) is 35.7 Å². The molecule has 1 aromatic carbocycles. The van der Waals surface area contributed by atoms with Gasteiger partial charge in [-0.25, -0.2) is 4.39 Å². The number of aromatic nitrogens is 1. The van der Waals surface area contributed by atoms with Gasteiger partial charge in [-0.2, -0.15) is 0 Å². The zero-order valence-electron chi connectivity index (χ0n) is 10.3. The molecule has 0 atom stereocenters. The van der Waals surface area contributed by atoms with Gasteiger partial charge in [-0.15, -0.1) is 0 Å². The summed E-state index contributed by atoms with van der Waals surface area (Å²) in [5.74, 6) is -0.439. The summed E-state index contributed by atoms with van der Waals surface area (Å²) in [6.07, 6.45) is 4.64. The van der Waals surface area contributed by atoms with Gasteiger partial charge in [-0.3, -0.25) is 9.78 Å². The number of hydrogen-bond acceptors (Lipinski definition) is 2. The smallest absolute Gasteiger partial charge is 0.142 e. The van der Waals surface area contributed by atoms with Crippen molar-refractivity contribution in [2.75, 3.05) is 0 Å². The van der Waals surface area contributed by atoms with E-state index in [1.807, 2.05) is 12.1 Å². The number of carbonyl (C=O) groups is 1. The Morgan fingerprint density at radius 1 is 1.21 bits per heavy atom. The molecule has 0 spiro atoms. The summed E-state index contributed by atoms with van der Waals surface area (Å²) in [7, 11) is 0. The fourth-order valence-corrected chi connectivity index (χ4v) is 2.01. The minimum absolute atomic E-state index is 0.0414. The number of pyridine rings is 1. The van der Waals surface area contributed by atoms with Crippen molar-refractivity contribution in [2.45, 2.75) is 19.3 Å². The number of nitrogens with zero attached hydrogens (tertiary/aromatic N) is 1.